The number of anilines is 1. The van der Waals surface area contributed by atoms with Gasteiger partial charge in [0.1, 0.15) is 18.1 Å². The minimum atomic E-state index is -4.93. The van der Waals surface area contributed by atoms with E-state index < -0.39 is 42.6 Å². The van der Waals surface area contributed by atoms with Gasteiger partial charge in [-0.05, 0) is 59.3 Å². The second-order valence-electron chi connectivity index (χ2n) is 8.49. The van der Waals surface area contributed by atoms with E-state index in [1.165, 1.54) is 54.6 Å². The number of halogens is 10. The van der Waals surface area contributed by atoms with Gasteiger partial charge in [0.15, 0.2) is 6.10 Å². The van der Waals surface area contributed by atoms with Gasteiger partial charge in [-0.1, -0.05) is 30.3 Å². The van der Waals surface area contributed by atoms with Crippen LogP contribution in [0.1, 0.15) is 16.7 Å². The molecule has 0 bridgehead atoms. The number of hydrogen-bond acceptors (Lipinski definition) is 5. The molecule has 0 aliphatic heterocycles. The third-order valence-electron chi connectivity index (χ3n) is 5.31. The summed E-state index contributed by atoms with van der Waals surface area (Å²) >= 11 is -0.331. The van der Waals surface area contributed by atoms with Gasteiger partial charge in [0, 0.05) is 29.1 Å². The molecule has 2 N–H and O–H groups in total. The number of aliphatic hydroxyl groups excluding tert-OH is 1. The fourth-order valence-corrected chi connectivity index (χ4v) is 4.11. The molecule has 0 aromatic heterocycles. The van der Waals surface area contributed by atoms with Crippen molar-refractivity contribution < 1.29 is 58.5 Å². The van der Waals surface area contributed by atoms with Crippen LogP contribution in [0, 0.1) is 0 Å². The van der Waals surface area contributed by atoms with Crippen molar-refractivity contribution >= 4 is 17.4 Å². The maximum Gasteiger partial charge on any atom is 0.461 e. The first-order chi connectivity index (χ1) is 19.0. The van der Waals surface area contributed by atoms with E-state index in [2.05, 4.69) is 10.1 Å². The summed E-state index contributed by atoms with van der Waals surface area (Å²) in [6, 6.07) is 14.2. The number of thioether (sulfide) groups is 1. The second kappa shape index (κ2) is 13.1. The molecule has 0 amide bonds. The molecule has 3 aromatic carbocycles. The molecule has 0 saturated carbocycles. The monoisotopic (exact) mass is 617 g/mol. The zero-order chi connectivity index (χ0) is 30.4. The van der Waals surface area contributed by atoms with Crippen LogP contribution in [0.15, 0.2) is 71.6 Å². The molecule has 0 spiro atoms. The molecule has 3 aromatic rings. The summed E-state index contributed by atoms with van der Waals surface area (Å²) in [5, 5.41) is 11.8. The molecular weight excluding hydrogens is 596 g/mol. The summed E-state index contributed by atoms with van der Waals surface area (Å²) in [4.78, 5) is -0.104. The molecule has 15 heteroatoms. The van der Waals surface area contributed by atoms with Crippen molar-refractivity contribution in [1.82, 2.24) is 0 Å². The van der Waals surface area contributed by atoms with Gasteiger partial charge in [0.05, 0.1) is 0 Å². The maximum atomic E-state index is 13.4. The fourth-order valence-electron chi connectivity index (χ4n) is 3.49. The van der Waals surface area contributed by atoms with E-state index in [0.717, 1.165) is 12.1 Å². The second-order valence-corrected chi connectivity index (χ2v) is 9.63. The largest absolute Gasteiger partial charge is 0.489 e. The number of aliphatic hydroxyl groups is 1. The van der Waals surface area contributed by atoms with Crippen molar-refractivity contribution in [1.29, 1.82) is 0 Å². The van der Waals surface area contributed by atoms with Crippen LogP contribution >= 0.6 is 11.8 Å². The van der Waals surface area contributed by atoms with Crippen LogP contribution in [-0.4, -0.2) is 42.0 Å². The lowest BCUT2D eigenvalue weighted by Gasteiger charge is -2.20. The van der Waals surface area contributed by atoms with E-state index in [9.17, 15) is 49.0 Å². The van der Waals surface area contributed by atoms with Crippen molar-refractivity contribution in [3.8, 4) is 11.5 Å². The van der Waals surface area contributed by atoms with E-state index in [1.54, 1.807) is 0 Å². The van der Waals surface area contributed by atoms with Gasteiger partial charge in [-0.15, -0.1) is 0 Å². The summed E-state index contributed by atoms with van der Waals surface area (Å²) in [5.74, 6) is -0.540. The van der Waals surface area contributed by atoms with E-state index in [1.807, 2.05) is 0 Å². The molecule has 1 unspecified atom stereocenters. The smallest absolute Gasteiger partial charge is 0.461 e. The minimum absolute atomic E-state index is 0.0522. The van der Waals surface area contributed by atoms with E-state index >= 15 is 0 Å². The Kier molecular flexibility index (Phi) is 10.3. The Morgan fingerprint density at radius 2 is 1.49 bits per heavy atom. The molecule has 0 saturated heterocycles. The van der Waals surface area contributed by atoms with Crippen LogP contribution in [0.5, 0.6) is 11.5 Å². The van der Waals surface area contributed by atoms with Crippen molar-refractivity contribution in [3.63, 3.8) is 0 Å². The molecule has 3 rings (SSSR count). The highest BCUT2D eigenvalue weighted by Crippen LogP contribution is 2.37. The Morgan fingerprint density at radius 3 is 2.15 bits per heavy atom. The molecular formula is C26H21F10NO3S. The summed E-state index contributed by atoms with van der Waals surface area (Å²) in [5.41, 5.74) is -3.74. The predicted molar refractivity (Wildman–Crippen MR) is 131 cm³/mol. The van der Waals surface area contributed by atoms with Crippen molar-refractivity contribution in [3.05, 3.63) is 83.4 Å². The van der Waals surface area contributed by atoms with Crippen LogP contribution in [0.3, 0.4) is 0 Å². The first-order valence-electron chi connectivity index (χ1n) is 11.6. The first-order valence-corrected chi connectivity index (χ1v) is 12.4. The van der Waals surface area contributed by atoms with Gasteiger partial charge in [0.25, 0.3) is 0 Å². The summed E-state index contributed by atoms with van der Waals surface area (Å²) in [6.45, 7) is -1.21. The molecule has 1 atom stereocenters. The molecule has 0 aliphatic carbocycles. The third kappa shape index (κ3) is 9.92. The molecule has 0 fully saturated rings. The molecule has 4 nitrogen and oxygen atoms in total. The Labute approximate surface area is 231 Å². The number of rotatable bonds is 12. The number of alkyl halides is 10. The highest BCUT2D eigenvalue weighted by atomic mass is 32.2. The summed E-state index contributed by atoms with van der Waals surface area (Å²) < 4.78 is 139. The summed E-state index contributed by atoms with van der Waals surface area (Å²) in [6.07, 6.45) is -16.7. The highest BCUT2D eigenvalue weighted by molar-refractivity contribution is 8.00. The van der Waals surface area contributed by atoms with E-state index in [4.69, 9.17) is 4.74 Å². The number of hydrogen-bond donors (Lipinski definition) is 2. The average molecular weight is 618 g/mol. The van der Waals surface area contributed by atoms with Gasteiger partial charge in [-0.2, -0.15) is 43.9 Å². The normalized spacial score (nSPS) is 13.3. The van der Waals surface area contributed by atoms with Crippen molar-refractivity contribution in [2.24, 2.45) is 0 Å². The minimum Gasteiger partial charge on any atom is -0.489 e. The quantitative estimate of drug-likeness (QED) is 0.159. The van der Waals surface area contributed by atoms with Crippen LogP contribution < -0.4 is 14.8 Å². The van der Waals surface area contributed by atoms with Gasteiger partial charge >= 0.3 is 24.2 Å². The van der Waals surface area contributed by atoms with Crippen LogP contribution in [0.2, 0.25) is 0 Å². The van der Waals surface area contributed by atoms with Crippen LogP contribution in [0.4, 0.5) is 49.6 Å². The van der Waals surface area contributed by atoms with E-state index in [0.29, 0.717) is 5.56 Å². The Morgan fingerprint density at radius 1 is 0.829 bits per heavy atom. The van der Waals surface area contributed by atoms with Gasteiger partial charge in [0.2, 0.25) is 0 Å². The van der Waals surface area contributed by atoms with Crippen LogP contribution in [0.25, 0.3) is 0 Å². The highest BCUT2D eigenvalue weighted by Gasteiger charge is 2.44. The Balaban J connectivity index is 1.90. The molecule has 41 heavy (non-hydrogen) atoms. The van der Waals surface area contributed by atoms with Crippen LogP contribution in [-0.2, 0) is 13.0 Å². The molecule has 0 aliphatic rings. The van der Waals surface area contributed by atoms with Gasteiger partial charge in [-0.25, -0.2) is 0 Å². The fraction of sp³-hybridized carbons (Fsp3) is 0.308. The standard InChI is InChI=1S/C26H21F10NO3S/c27-23(28)25(32,33)40-17-6-1-4-15(10-17)12-19-20(37-13-22(38)24(29,30)31)8-3-9-21(19)39-14-16-5-2-7-18(11-16)41-26(34,35)36/h1-11,22-23,37-38H,12-14H2. The van der Waals surface area contributed by atoms with Crippen molar-refractivity contribution in [2.45, 2.75) is 48.2 Å². The molecule has 0 heterocycles. The lowest BCUT2D eigenvalue weighted by Crippen LogP contribution is -2.35. The number of benzene rings is 3. The molecule has 224 valence electrons. The lowest BCUT2D eigenvalue weighted by molar-refractivity contribution is -0.253. The van der Waals surface area contributed by atoms with E-state index in [-0.39, 0.29) is 52.2 Å². The maximum absolute atomic E-state index is 13.4. The summed E-state index contributed by atoms with van der Waals surface area (Å²) in [7, 11) is 0. The zero-order valence-corrected chi connectivity index (χ0v) is 21.4. The van der Waals surface area contributed by atoms with Gasteiger partial charge in [-0.3, -0.25) is 0 Å². The zero-order valence-electron chi connectivity index (χ0n) is 20.6. The Hall–Kier alpha value is -3.33. The lowest BCUT2D eigenvalue weighted by atomic mass is 10.0. The first kappa shape index (κ1) is 32.2. The topological polar surface area (TPSA) is 50.7 Å². The van der Waals surface area contributed by atoms with Gasteiger partial charge < -0.3 is 19.9 Å². The average Bonchev–Trinajstić information content (AvgIpc) is 2.85. The third-order valence-corrected chi connectivity index (χ3v) is 6.03. The number of ether oxygens (including phenoxy) is 2. The predicted octanol–water partition coefficient (Wildman–Crippen LogP) is 8.04. The number of nitrogens with one attached hydrogen (secondary N) is 1. The van der Waals surface area contributed by atoms with Crippen molar-refractivity contribution in [2.75, 3.05) is 11.9 Å². The SMILES string of the molecule is OC(CNc1cccc(OCc2cccc(SC(F)(F)F)c2)c1Cc1cccc(OC(F)(F)C(F)F)c1)C(F)(F)F. The Bertz CT molecular complexity index is 1300. The molecule has 0 radical (unpaired) electrons.